The van der Waals surface area contributed by atoms with Crippen LogP contribution >= 0.6 is 0 Å². The van der Waals surface area contributed by atoms with Crippen LogP contribution in [0.3, 0.4) is 0 Å². The molecule has 0 unspecified atom stereocenters. The van der Waals surface area contributed by atoms with E-state index in [2.05, 4.69) is 0 Å². The molecule has 8 nitrogen and oxygen atoms in total. The van der Waals surface area contributed by atoms with Crippen molar-refractivity contribution in [2.24, 2.45) is 0 Å². The third kappa shape index (κ3) is 5.17. The monoisotopic (exact) mass is 536 g/mol. The fraction of sp³-hybridized carbons (Fsp3) is 0.250. The number of amides is 1. The zero-order valence-corrected chi connectivity index (χ0v) is 22.0. The summed E-state index contributed by atoms with van der Waals surface area (Å²) in [7, 11) is -3.76. The number of ether oxygens (including phenoxy) is 1. The highest BCUT2D eigenvalue weighted by Crippen LogP contribution is 2.31. The minimum atomic E-state index is -3.76. The van der Waals surface area contributed by atoms with Crippen LogP contribution < -0.4 is 9.64 Å². The van der Waals surface area contributed by atoms with Crippen LogP contribution in [0, 0.1) is 16.6 Å². The van der Waals surface area contributed by atoms with E-state index < -0.39 is 15.7 Å². The molecular formula is C28H29FN4O4S. The number of sulfone groups is 1. The zero-order chi connectivity index (χ0) is 27.4. The molecule has 3 aromatic rings. The number of nitrogens with one attached hydrogen (secondary N) is 2. The summed E-state index contributed by atoms with van der Waals surface area (Å²) in [5.74, 6) is -0.812. The lowest BCUT2D eigenvalue weighted by Gasteiger charge is -2.22. The average molecular weight is 537 g/mol. The highest BCUT2D eigenvalue weighted by atomic mass is 32.2. The maximum absolute atomic E-state index is 15.2. The normalized spacial score (nSPS) is 13.2. The van der Waals surface area contributed by atoms with Gasteiger partial charge in [0.15, 0.2) is 9.84 Å². The van der Waals surface area contributed by atoms with Crippen LogP contribution in [0.15, 0.2) is 59.5 Å². The van der Waals surface area contributed by atoms with Crippen molar-refractivity contribution in [3.05, 3.63) is 77.1 Å². The first-order valence-electron chi connectivity index (χ1n) is 12.2. The first-order chi connectivity index (χ1) is 18.2. The molecule has 1 aliphatic rings. The van der Waals surface area contributed by atoms with Gasteiger partial charge < -0.3 is 9.64 Å². The molecule has 1 heterocycles. The minimum Gasteiger partial charge on any atom is -0.491 e. The molecule has 1 aliphatic heterocycles. The largest absolute Gasteiger partial charge is 0.491 e. The van der Waals surface area contributed by atoms with Crippen molar-refractivity contribution in [3.63, 3.8) is 0 Å². The van der Waals surface area contributed by atoms with Gasteiger partial charge in [0.25, 0.3) is 5.91 Å². The SMILES string of the molecule is CCc1c(C(=O)N2CCOc3ccc(-c4ccc(N(C=N)C=N)cc4)cc3C2)ccc(S(=O)(=O)CC)c1F. The van der Waals surface area contributed by atoms with E-state index in [-0.39, 0.29) is 47.3 Å². The summed E-state index contributed by atoms with van der Waals surface area (Å²) < 4.78 is 45.7. The van der Waals surface area contributed by atoms with E-state index in [4.69, 9.17) is 15.6 Å². The smallest absolute Gasteiger partial charge is 0.254 e. The van der Waals surface area contributed by atoms with Crippen molar-refractivity contribution >= 4 is 34.1 Å². The number of benzene rings is 3. The van der Waals surface area contributed by atoms with E-state index >= 15 is 4.39 Å². The standard InChI is InChI=1S/C28H29FN4O4S/c1-3-23-24(10-12-26(27(23)29)38(35,36)4-2)28(34)32-13-14-37-25-11-7-20(15-21(25)16-32)19-5-8-22(9-6-19)33(17-30)18-31/h5-12,15,17-18,30-31H,3-4,13-14,16H2,1-2H3. The molecule has 0 saturated carbocycles. The Labute approximate surface area is 221 Å². The van der Waals surface area contributed by atoms with Crippen molar-refractivity contribution in [2.45, 2.75) is 31.7 Å². The first-order valence-corrected chi connectivity index (χ1v) is 13.9. The number of anilines is 1. The van der Waals surface area contributed by atoms with Crippen LogP contribution in [0.1, 0.15) is 35.3 Å². The summed E-state index contributed by atoms with van der Waals surface area (Å²) >= 11 is 0. The number of carbonyl (C=O) groups is 1. The highest BCUT2D eigenvalue weighted by Gasteiger charge is 2.27. The van der Waals surface area contributed by atoms with Gasteiger partial charge in [0.05, 0.1) is 25.0 Å². The molecule has 4 rings (SSSR count). The Morgan fingerprint density at radius 3 is 2.37 bits per heavy atom. The van der Waals surface area contributed by atoms with Crippen LogP contribution in [0.4, 0.5) is 10.1 Å². The fourth-order valence-corrected chi connectivity index (χ4v) is 5.45. The summed E-state index contributed by atoms with van der Waals surface area (Å²) in [4.78, 5) is 16.1. The van der Waals surface area contributed by atoms with Crippen LogP contribution in [0.2, 0.25) is 0 Å². The molecule has 0 fully saturated rings. The summed E-state index contributed by atoms with van der Waals surface area (Å²) in [6.45, 7) is 3.95. The van der Waals surface area contributed by atoms with Crippen molar-refractivity contribution < 1.29 is 22.3 Å². The molecule has 0 radical (unpaired) electrons. The van der Waals surface area contributed by atoms with Gasteiger partial charge in [-0.15, -0.1) is 0 Å². The minimum absolute atomic E-state index is 0.0904. The number of halogens is 1. The maximum Gasteiger partial charge on any atom is 0.254 e. The first kappa shape index (κ1) is 27.0. The van der Waals surface area contributed by atoms with E-state index in [9.17, 15) is 13.2 Å². The van der Waals surface area contributed by atoms with E-state index in [0.29, 0.717) is 18.0 Å². The molecule has 0 spiro atoms. The fourth-order valence-electron chi connectivity index (χ4n) is 4.47. The van der Waals surface area contributed by atoms with Gasteiger partial charge in [-0.2, -0.15) is 0 Å². The van der Waals surface area contributed by atoms with Crippen molar-refractivity contribution in [1.82, 2.24) is 4.90 Å². The molecule has 0 bridgehead atoms. The van der Waals surface area contributed by atoms with Crippen molar-refractivity contribution in [2.75, 3.05) is 23.8 Å². The van der Waals surface area contributed by atoms with Gasteiger partial charge in [0, 0.05) is 28.9 Å². The zero-order valence-electron chi connectivity index (χ0n) is 21.2. The lowest BCUT2D eigenvalue weighted by Crippen LogP contribution is -2.33. The Morgan fingerprint density at radius 2 is 1.74 bits per heavy atom. The number of hydrogen-bond acceptors (Lipinski definition) is 6. The molecule has 38 heavy (non-hydrogen) atoms. The molecule has 198 valence electrons. The lowest BCUT2D eigenvalue weighted by atomic mass is 10.0. The van der Waals surface area contributed by atoms with Gasteiger partial charge in [-0.25, -0.2) is 12.8 Å². The highest BCUT2D eigenvalue weighted by molar-refractivity contribution is 7.91. The quantitative estimate of drug-likeness (QED) is 0.314. The number of hydrogen-bond donors (Lipinski definition) is 2. The Morgan fingerprint density at radius 1 is 1.05 bits per heavy atom. The number of carbonyl (C=O) groups excluding carboxylic acids is 1. The maximum atomic E-state index is 15.2. The molecular weight excluding hydrogens is 507 g/mol. The molecule has 0 aliphatic carbocycles. The predicted molar refractivity (Wildman–Crippen MR) is 146 cm³/mol. The van der Waals surface area contributed by atoms with E-state index in [1.165, 1.54) is 24.0 Å². The van der Waals surface area contributed by atoms with Crippen LogP contribution in [-0.4, -0.2) is 50.8 Å². The van der Waals surface area contributed by atoms with E-state index in [0.717, 1.165) is 29.4 Å². The van der Waals surface area contributed by atoms with Gasteiger partial charge in [-0.1, -0.05) is 32.0 Å². The predicted octanol–water partition coefficient (Wildman–Crippen LogP) is 4.90. The van der Waals surface area contributed by atoms with E-state index in [1.807, 2.05) is 42.5 Å². The summed E-state index contributed by atoms with van der Waals surface area (Å²) in [6, 6.07) is 15.7. The summed E-state index contributed by atoms with van der Waals surface area (Å²) in [6.07, 6.45) is 2.29. The van der Waals surface area contributed by atoms with Crippen LogP contribution in [0.25, 0.3) is 11.1 Å². The molecule has 10 heteroatoms. The number of rotatable bonds is 8. The number of nitrogens with zero attached hydrogens (tertiary/aromatic N) is 2. The molecule has 2 N–H and O–H groups in total. The third-order valence-corrected chi connectivity index (χ3v) is 8.36. The number of fused-ring (bicyclic) bond motifs is 1. The van der Waals surface area contributed by atoms with E-state index in [1.54, 1.807) is 11.8 Å². The van der Waals surface area contributed by atoms with Gasteiger partial charge in [-0.3, -0.25) is 20.5 Å². The Kier molecular flexibility index (Phi) is 7.91. The summed E-state index contributed by atoms with van der Waals surface area (Å²) in [5, 5.41) is 14.8. The molecule has 0 saturated heterocycles. The Balaban J connectivity index is 1.64. The van der Waals surface area contributed by atoms with Gasteiger partial charge in [0.1, 0.15) is 23.1 Å². The summed E-state index contributed by atoms with van der Waals surface area (Å²) in [5.41, 5.74) is 3.53. The second kappa shape index (κ2) is 11.1. The van der Waals surface area contributed by atoms with Crippen molar-refractivity contribution in [3.8, 4) is 16.9 Å². The van der Waals surface area contributed by atoms with Crippen molar-refractivity contribution in [1.29, 1.82) is 10.8 Å². The van der Waals surface area contributed by atoms with Crippen LogP contribution in [0.5, 0.6) is 5.75 Å². The third-order valence-electron chi connectivity index (χ3n) is 6.61. The lowest BCUT2D eigenvalue weighted by molar-refractivity contribution is 0.0731. The van der Waals surface area contributed by atoms with Gasteiger partial charge >= 0.3 is 0 Å². The molecule has 1 amide bonds. The molecule has 0 atom stereocenters. The van der Waals surface area contributed by atoms with Gasteiger partial charge in [0.2, 0.25) is 0 Å². The Bertz CT molecular complexity index is 1480. The van der Waals surface area contributed by atoms with Gasteiger partial charge in [-0.05, 0) is 53.9 Å². The molecule has 3 aromatic carbocycles. The molecule has 0 aromatic heterocycles. The Hall–Kier alpha value is -4.05. The average Bonchev–Trinajstić information content (AvgIpc) is 3.15. The topological polar surface area (TPSA) is 115 Å². The van der Waals surface area contributed by atoms with Crippen LogP contribution in [-0.2, 0) is 22.8 Å². The second-order valence-electron chi connectivity index (χ2n) is 8.77. The second-order valence-corrected chi connectivity index (χ2v) is 11.0.